The first-order chi connectivity index (χ1) is 9.57. The highest BCUT2D eigenvalue weighted by Crippen LogP contribution is 2.32. The maximum absolute atomic E-state index is 12.9. The van der Waals surface area contributed by atoms with E-state index in [1.807, 2.05) is 0 Å². The monoisotopic (exact) mass is 295 g/mol. The predicted molar refractivity (Wildman–Crippen MR) is 70.7 cm³/mol. The average Bonchev–Trinajstić information content (AvgIpc) is 3.09. The van der Waals surface area contributed by atoms with E-state index < -0.39 is 10.0 Å². The molecule has 1 aromatic carbocycles. The standard InChI is InChI=1S/C13H14FN3O2S/c14-11-3-1-10(2-4-11)8-17(12-5-6-12)20(18,19)13-7-15-9-16-13/h1-4,7,9,12H,5-6,8H2,(H,15,16). The number of rotatable bonds is 5. The van der Waals surface area contributed by atoms with Gasteiger partial charge in [-0.1, -0.05) is 12.1 Å². The van der Waals surface area contributed by atoms with E-state index in [-0.39, 0.29) is 23.4 Å². The molecule has 0 amide bonds. The minimum absolute atomic E-state index is 0.0216. The van der Waals surface area contributed by atoms with E-state index in [1.165, 1.54) is 29.0 Å². The lowest BCUT2D eigenvalue weighted by Gasteiger charge is -2.20. The predicted octanol–water partition coefficient (Wildman–Crippen LogP) is 1.90. The quantitative estimate of drug-likeness (QED) is 0.916. The van der Waals surface area contributed by atoms with E-state index in [0.29, 0.717) is 0 Å². The molecule has 0 spiro atoms. The molecule has 1 aliphatic carbocycles. The molecule has 0 aliphatic heterocycles. The second-order valence-electron chi connectivity index (χ2n) is 4.82. The number of imidazole rings is 1. The Hall–Kier alpha value is -1.73. The van der Waals surface area contributed by atoms with Crippen LogP contribution in [0.15, 0.2) is 41.8 Å². The lowest BCUT2D eigenvalue weighted by Crippen LogP contribution is -2.32. The van der Waals surface area contributed by atoms with Crippen molar-refractivity contribution in [3.63, 3.8) is 0 Å². The highest BCUT2D eigenvalue weighted by atomic mass is 32.2. The maximum Gasteiger partial charge on any atom is 0.260 e. The topological polar surface area (TPSA) is 66.1 Å². The zero-order valence-corrected chi connectivity index (χ0v) is 11.5. The number of aromatic amines is 1. The molecule has 1 saturated carbocycles. The zero-order valence-electron chi connectivity index (χ0n) is 10.7. The van der Waals surface area contributed by atoms with Crippen LogP contribution in [-0.2, 0) is 16.6 Å². The van der Waals surface area contributed by atoms with E-state index in [1.54, 1.807) is 12.1 Å². The van der Waals surface area contributed by atoms with Gasteiger partial charge in [0.25, 0.3) is 10.0 Å². The number of sulfonamides is 1. The normalized spacial score (nSPS) is 15.7. The van der Waals surface area contributed by atoms with Gasteiger partial charge in [0.15, 0.2) is 5.03 Å². The minimum Gasteiger partial charge on any atom is -0.335 e. The summed E-state index contributed by atoms with van der Waals surface area (Å²) in [5, 5.41) is 0.0894. The third-order valence-corrected chi connectivity index (χ3v) is 5.09. The van der Waals surface area contributed by atoms with E-state index in [2.05, 4.69) is 9.97 Å². The van der Waals surface area contributed by atoms with Gasteiger partial charge in [-0.3, -0.25) is 0 Å². The molecule has 106 valence electrons. The Labute approximate surface area is 116 Å². The van der Waals surface area contributed by atoms with Crippen LogP contribution >= 0.6 is 0 Å². The lowest BCUT2D eigenvalue weighted by molar-refractivity contribution is 0.397. The van der Waals surface area contributed by atoms with E-state index in [4.69, 9.17) is 0 Å². The molecule has 1 N–H and O–H groups in total. The van der Waals surface area contributed by atoms with Gasteiger partial charge in [-0.2, -0.15) is 4.31 Å². The minimum atomic E-state index is -3.58. The molecule has 20 heavy (non-hydrogen) atoms. The largest absolute Gasteiger partial charge is 0.335 e. The van der Waals surface area contributed by atoms with Crippen molar-refractivity contribution < 1.29 is 12.8 Å². The van der Waals surface area contributed by atoms with Gasteiger partial charge in [0.05, 0.1) is 12.5 Å². The van der Waals surface area contributed by atoms with Crippen molar-refractivity contribution in [3.8, 4) is 0 Å². The molecule has 3 rings (SSSR count). The van der Waals surface area contributed by atoms with Crippen LogP contribution in [0.25, 0.3) is 0 Å². The second-order valence-corrected chi connectivity index (χ2v) is 6.68. The number of halogens is 1. The lowest BCUT2D eigenvalue weighted by atomic mass is 10.2. The van der Waals surface area contributed by atoms with Crippen LogP contribution in [0, 0.1) is 5.82 Å². The summed E-state index contributed by atoms with van der Waals surface area (Å²) in [6.07, 6.45) is 4.36. The highest BCUT2D eigenvalue weighted by Gasteiger charge is 2.38. The molecule has 1 fully saturated rings. The molecular weight excluding hydrogens is 281 g/mol. The Balaban J connectivity index is 1.88. The Morgan fingerprint density at radius 2 is 2.00 bits per heavy atom. The van der Waals surface area contributed by atoms with Crippen molar-refractivity contribution in [1.82, 2.24) is 14.3 Å². The molecule has 1 aliphatic rings. The summed E-state index contributed by atoms with van der Waals surface area (Å²) >= 11 is 0. The Morgan fingerprint density at radius 3 is 2.55 bits per heavy atom. The number of H-pyrrole nitrogens is 1. The molecule has 0 radical (unpaired) electrons. The van der Waals surface area contributed by atoms with Gasteiger partial charge in [0.1, 0.15) is 5.82 Å². The third kappa shape index (κ3) is 2.59. The van der Waals surface area contributed by atoms with Gasteiger partial charge in [-0.25, -0.2) is 17.8 Å². The van der Waals surface area contributed by atoms with E-state index in [0.717, 1.165) is 18.4 Å². The first kappa shape index (κ1) is 13.3. The van der Waals surface area contributed by atoms with Crippen molar-refractivity contribution in [2.24, 2.45) is 0 Å². The van der Waals surface area contributed by atoms with Crippen LogP contribution in [0.2, 0.25) is 0 Å². The molecule has 0 bridgehead atoms. The summed E-state index contributed by atoms with van der Waals surface area (Å²) in [5.74, 6) is -0.330. The van der Waals surface area contributed by atoms with Gasteiger partial charge in [0.2, 0.25) is 0 Å². The van der Waals surface area contributed by atoms with Crippen LogP contribution in [0.4, 0.5) is 4.39 Å². The van der Waals surface area contributed by atoms with Gasteiger partial charge >= 0.3 is 0 Å². The van der Waals surface area contributed by atoms with Gasteiger partial charge in [0, 0.05) is 12.6 Å². The molecule has 2 aromatic rings. The number of hydrogen-bond donors (Lipinski definition) is 1. The number of aromatic nitrogens is 2. The van der Waals surface area contributed by atoms with Crippen LogP contribution in [0.5, 0.6) is 0 Å². The Kier molecular flexibility index (Phi) is 3.31. The number of hydrogen-bond acceptors (Lipinski definition) is 3. The second kappa shape index (κ2) is 4.99. The SMILES string of the molecule is O=S(=O)(c1cnc[nH]1)N(Cc1ccc(F)cc1)C1CC1. The van der Waals surface area contributed by atoms with Crippen LogP contribution in [0.1, 0.15) is 18.4 Å². The molecule has 0 unspecified atom stereocenters. The number of benzene rings is 1. The van der Waals surface area contributed by atoms with E-state index in [9.17, 15) is 12.8 Å². The summed E-state index contributed by atoms with van der Waals surface area (Å²) in [4.78, 5) is 6.39. The molecule has 1 aromatic heterocycles. The number of nitrogens with zero attached hydrogens (tertiary/aromatic N) is 2. The molecule has 0 saturated heterocycles. The van der Waals surface area contributed by atoms with Gasteiger partial charge in [-0.15, -0.1) is 0 Å². The van der Waals surface area contributed by atoms with Crippen molar-refractivity contribution in [2.75, 3.05) is 0 Å². The molecule has 1 heterocycles. The third-order valence-electron chi connectivity index (χ3n) is 3.27. The first-order valence-corrected chi connectivity index (χ1v) is 7.76. The van der Waals surface area contributed by atoms with Gasteiger partial charge in [-0.05, 0) is 30.5 Å². The summed E-state index contributed by atoms with van der Waals surface area (Å²) in [6, 6.07) is 5.90. The molecule has 0 atom stereocenters. The summed E-state index contributed by atoms with van der Waals surface area (Å²) in [7, 11) is -3.58. The van der Waals surface area contributed by atoms with Crippen molar-refractivity contribution in [2.45, 2.75) is 30.5 Å². The van der Waals surface area contributed by atoms with Crippen molar-refractivity contribution in [3.05, 3.63) is 48.2 Å². The Bertz CT molecular complexity index is 679. The Morgan fingerprint density at radius 1 is 1.30 bits per heavy atom. The molecule has 7 heteroatoms. The fraction of sp³-hybridized carbons (Fsp3) is 0.308. The summed E-state index contributed by atoms with van der Waals surface area (Å²) < 4.78 is 39.4. The smallest absolute Gasteiger partial charge is 0.260 e. The fourth-order valence-electron chi connectivity index (χ4n) is 2.05. The zero-order chi connectivity index (χ0) is 14.2. The van der Waals surface area contributed by atoms with Crippen LogP contribution in [-0.4, -0.2) is 28.7 Å². The summed E-state index contributed by atoms with van der Waals surface area (Å²) in [5.41, 5.74) is 0.765. The maximum atomic E-state index is 12.9. The average molecular weight is 295 g/mol. The van der Waals surface area contributed by atoms with Crippen LogP contribution in [0.3, 0.4) is 0 Å². The fourth-order valence-corrected chi connectivity index (χ4v) is 3.62. The van der Waals surface area contributed by atoms with Crippen molar-refractivity contribution in [1.29, 1.82) is 0 Å². The highest BCUT2D eigenvalue weighted by molar-refractivity contribution is 7.89. The number of nitrogens with one attached hydrogen (secondary N) is 1. The first-order valence-electron chi connectivity index (χ1n) is 6.32. The van der Waals surface area contributed by atoms with Crippen molar-refractivity contribution >= 4 is 10.0 Å². The molecular formula is C13H14FN3O2S. The van der Waals surface area contributed by atoms with Crippen LogP contribution < -0.4 is 0 Å². The summed E-state index contributed by atoms with van der Waals surface area (Å²) in [6.45, 7) is 0.242. The molecule has 5 nitrogen and oxygen atoms in total. The van der Waals surface area contributed by atoms with E-state index >= 15 is 0 Å². The van der Waals surface area contributed by atoms with Gasteiger partial charge < -0.3 is 4.98 Å².